The lowest BCUT2D eigenvalue weighted by Gasteiger charge is -2.35. The van der Waals surface area contributed by atoms with Gasteiger partial charge in [-0.05, 0) is 49.6 Å². The van der Waals surface area contributed by atoms with Crippen LogP contribution in [-0.4, -0.2) is 34.9 Å². The van der Waals surface area contributed by atoms with Gasteiger partial charge >= 0.3 is 0 Å². The van der Waals surface area contributed by atoms with E-state index in [2.05, 4.69) is 20.9 Å². The number of likely N-dealkylation sites (tertiary alicyclic amines) is 1. The summed E-state index contributed by atoms with van der Waals surface area (Å²) in [6.45, 7) is 1.27. The molecular weight excluding hydrogens is 441 g/mol. The Morgan fingerprint density at radius 2 is 1.92 bits per heavy atom. The van der Waals surface area contributed by atoms with Crippen molar-refractivity contribution in [2.75, 3.05) is 13.1 Å². The van der Waals surface area contributed by atoms with Crippen molar-refractivity contribution in [1.82, 2.24) is 9.88 Å². The molecule has 1 aliphatic rings. The van der Waals surface area contributed by atoms with Crippen LogP contribution in [0.15, 0.2) is 47.1 Å². The minimum absolute atomic E-state index is 0. The number of piperidine rings is 1. The van der Waals surface area contributed by atoms with Gasteiger partial charge in [-0.25, -0.2) is 4.98 Å². The van der Waals surface area contributed by atoms with E-state index in [0.29, 0.717) is 23.7 Å². The molecule has 2 heterocycles. The monoisotopic (exact) mass is 461 g/mol. The zero-order chi connectivity index (χ0) is 16.9. The zero-order valence-electron chi connectivity index (χ0n) is 14.1. The minimum Gasteiger partial charge on any atom is -0.439 e. The normalized spacial score (nSPS) is 16.2. The van der Waals surface area contributed by atoms with Crippen LogP contribution in [0, 0.1) is 0 Å². The molecule has 5 nitrogen and oxygen atoms in total. The van der Waals surface area contributed by atoms with Crippen molar-refractivity contribution >= 4 is 46.7 Å². The van der Waals surface area contributed by atoms with E-state index in [1.54, 1.807) is 18.3 Å². The quantitative estimate of drug-likeness (QED) is 0.729. The molecule has 1 aliphatic heterocycles. The molecule has 1 aromatic carbocycles. The first-order valence-electron chi connectivity index (χ1n) is 8.08. The number of hydrogen-bond donors (Lipinski definition) is 1. The van der Waals surface area contributed by atoms with Gasteiger partial charge in [0.25, 0.3) is 5.91 Å². The van der Waals surface area contributed by atoms with Gasteiger partial charge in [0.05, 0.1) is 5.56 Å². The van der Waals surface area contributed by atoms with E-state index >= 15 is 0 Å². The summed E-state index contributed by atoms with van der Waals surface area (Å²) in [6.07, 6.45) is 4.70. The lowest BCUT2D eigenvalue weighted by molar-refractivity contribution is 0.0623. The Bertz CT molecular complexity index is 699. The Balaban J connectivity index is 0.00000169. The summed E-state index contributed by atoms with van der Waals surface area (Å²) in [6, 6.07) is 11.1. The lowest BCUT2D eigenvalue weighted by atomic mass is 10.0. The second-order valence-corrected chi connectivity index (χ2v) is 6.74. The fourth-order valence-corrected chi connectivity index (χ4v) is 3.13. The SMILES string of the molecule is Cl.Cl.NCC1CCCCN1C(=O)c1ccc(Oc2ccc(Br)cc2)nc1. The molecule has 1 amide bonds. The number of hydrogen-bond acceptors (Lipinski definition) is 4. The Labute approximate surface area is 174 Å². The van der Waals surface area contributed by atoms with E-state index in [4.69, 9.17) is 10.5 Å². The summed E-state index contributed by atoms with van der Waals surface area (Å²) >= 11 is 3.38. The highest BCUT2D eigenvalue weighted by molar-refractivity contribution is 9.10. The van der Waals surface area contributed by atoms with Gasteiger partial charge in [-0.2, -0.15) is 0 Å². The minimum atomic E-state index is -0.00663. The van der Waals surface area contributed by atoms with Gasteiger partial charge in [0.15, 0.2) is 0 Å². The smallest absolute Gasteiger partial charge is 0.255 e. The number of nitrogens with two attached hydrogens (primary N) is 1. The van der Waals surface area contributed by atoms with E-state index < -0.39 is 0 Å². The number of nitrogens with zero attached hydrogens (tertiary/aromatic N) is 2. The lowest BCUT2D eigenvalue weighted by Crippen LogP contribution is -2.47. The molecule has 0 spiro atoms. The first-order chi connectivity index (χ1) is 11.7. The maximum atomic E-state index is 12.7. The number of amides is 1. The summed E-state index contributed by atoms with van der Waals surface area (Å²) in [5.74, 6) is 1.15. The second kappa shape index (κ2) is 10.7. The first-order valence-corrected chi connectivity index (χ1v) is 8.87. The van der Waals surface area contributed by atoms with E-state index in [-0.39, 0.29) is 36.8 Å². The molecule has 8 heteroatoms. The van der Waals surface area contributed by atoms with Gasteiger partial charge in [0.2, 0.25) is 5.88 Å². The van der Waals surface area contributed by atoms with Gasteiger partial charge in [-0.1, -0.05) is 15.9 Å². The van der Waals surface area contributed by atoms with Gasteiger partial charge in [-0.3, -0.25) is 4.79 Å². The molecule has 0 saturated carbocycles. The number of halogens is 3. The van der Waals surface area contributed by atoms with Crippen molar-refractivity contribution in [3.05, 3.63) is 52.6 Å². The molecule has 1 fully saturated rings. The van der Waals surface area contributed by atoms with E-state index in [1.165, 1.54) is 0 Å². The van der Waals surface area contributed by atoms with Crippen LogP contribution in [0.25, 0.3) is 0 Å². The number of ether oxygens (including phenoxy) is 1. The Morgan fingerprint density at radius 3 is 2.54 bits per heavy atom. The molecular formula is C18H22BrCl2N3O2. The molecule has 2 N–H and O–H groups in total. The third kappa shape index (κ3) is 5.58. The standard InChI is InChI=1S/C18H20BrN3O2.2ClH/c19-14-5-7-16(8-6-14)24-17-9-4-13(12-21-17)18(23)22-10-2-1-3-15(22)11-20;;/h4-9,12,15H,1-3,10-11,20H2;2*1H. The average Bonchev–Trinajstić information content (AvgIpc) is 2.63. The summed E-state index contributed by atoms with van der Waals surface area (Å²) in [5.41, 5.74) is 6.37. The number of rotatable bonds is 4. The van der Waals surface area contributed by atoms with Crippen molar-refractivity contribution < 1.29 is 9.53 Å². The molecule has 0 bridgehead atoms. The fraction of sp³-hybridized carbons (Fsp3) is 0.333. The first kappa shape index (κ1) is 22.7. The number of aromatic nitrogens is 1. The maximum absolute atomic E-state index is 12.7. The molecule has 0 radical (unpaired) electrons. The molecule has 26 heavy (non-hydrogen) atoms. The highest BCUT2D eigenvalue weighted by atomic mass is 79.9. The predicted molar refractivity (Wildman–Crippen MR) is 111 cm³/mol. The van der Waals surface area contributed by atoms with Crippen LogP contribution >= 0.6 is 40.7 Å². The molecule has 1 saturated heterocycles. The van der Waals surface area contributed by atoms with Gasteiger partial charge in [-0.15, -0.1) is 24.8 Å². The van der Waals surface area contributed by atoms with Crippen molar-refractivity contribution in [1.29, 1.82) is 0 Å². The summed E-state index contributed by atoms with van der Waals surface area (Å²) in [4.78, 5) is 18.8. The predicted octanol–water partition coefficient (Wildman–Crippen LogP) is 4.43. The molecule has 1 atom stereocenters. The van der Waals surface area contributed by atoms with Crippen LogP contribution in [0.5, 0.6) is 11.6 Å². The number of benzene rings is 1. The van der Waals surface area contributed by atoms with Crippen LogP contribution in [-0.2, 0) is 0 Å². The number of carbonyl (C=O) groups excluding carboxylic acids is 1. The van der Waals surface area contributed by atoms with E-state index in [1.807, 2.05) is 29.2 Å². The topological polar surface area (TPSA) is 68.5 Å². The summed E-state index contributed by atoms with van der Waals surface area (Å²) in [5, 5.41) is 0. The average molecular weight is 463 g/mol. The second-order valence-electron chi connectivity index (χ2n) is 5.82. The highest BCUT2D eigenvalue weighted by Gasteiger charge is 2.26. The number of carbonyl (C=O) groups is 1. The molecule has 0 aliphatic carbocycles. The van der Waals surface area contributed by atoms with Crippen molar-refractivity contribution in [2.24, 2.45) is 5.73 Å². The molecule has 2 aromatic rings. The summed E-state index contributed by atoms with van der Waals surface area (Å²) < 4.78 is 6.66. The van der Waals surface area contributed by atoms with Crippen LogP contribution in [0.1, 0.15) is 29.6 Å². The fourth-order valence-electron chi connectivity index (χ4n) is 2.87. The van der Waals surface area contributed by atoms with Crippen LogP contribution in [0.4, 0.5) is 0 Å². The summed E-state index contributed by atoms with van der Waals surface area (Å²) in [7, 11) is 0. The van der Waals surface area contributed by atoms with Crippen LogP contribution in [0.2, 0.25) is 0 Å². The van der Waals surface area contributed by atoms with Gasteiger partial charge in [0.1, 0.15) is 5.75 Å². The van der Waals surface area contributed by atoms with Gasteiger partial charge < -0.3 is 15.4 Å². The van der Waals surface area contributed by atoms with Gasteiger partial charge in [0, 0.05) is 35.9 Å². The highest BCUT2D eigenvalue weighted by Crippen LogP contribution is 2.23. The maximum Gasteiger partial charge on any atom is 0.255 e. The molecule has 142 valence electrons. The van der Waals surface area contributed by atoms with Crippen LogP contribution in [0.3, 0.4) is 0 Å². The third-order valence-electron chi connectivity index (χ3n) is 4.18. The molecule has 1 aromatic heterocycles. The molecule has 1 unspecified atom stereocenters. The Kier molecular flexibility index (Phi) is 9.36. The van der Waals surface area contributed by atoms with Crippen LogP contribution < -0.4 is 10.5 Å². The van der Waals surface area contributed by atoms with E-state index in [9.17, 15) is 4.79 Å². The van der Waals surface area contributed by atoms with Crippen molar-refractivity contribution in [3.8, 4) is 11.6 Å². The number of pyridine rings is 1. The Hall–Kier alpha value is -1.34. The zero-order valence-corrected chi connectivity index (χ0v) is 17.4. The van der Waals surface area contributed by atoms with E-state index in [0.717, 1.165) is 30.3 Å². The van der Waals surface area contributed by atoms with Crippen molar-refractivity contribution in [2.45, 2.75) is 25.3 Å². The third-order valence-corrected chi connectivity index (χ3v) is 4.71. The molecule has 3 rings (SSSR count). The van der Waals surface area contributed by atoms with Crippen molar-refractivity contribution in [3.63, 3.8) is 0 Å². The largest absolute Gasteiger partial charge is 0.439 e. The Morgan fingerprint density at radius 1 is 1.19 bits per heavy atom.